The minimum Gasteiger partial charge on any atom is -0.425 e. The van der Waals surface area contributed by atoms with Crippen LogP contribution in [-0.2, 0) is 59.3 Å². The fourth-order valence-electron chi connectivity index (χ4n) is 21.6. The van der Waals surface area contributed by atoms with Crippen LogP contribution in [-0.4, -0.2) is 87.4 Å². The molecule has 16 aromatic rings. The number of carbonyl (C=O) groups excluding carboxylic acids is 5. The van der Waals surface area contributed by atoms with Gasteiger partial charge in [0, 0.05) is 108 Å². The number of ether oxygens (including phenoxy) is 5. The van der Waals surface area contributed by atoms with Crippen LogP contribution < -0.4 is 23.7 Å². The van der Waals surface area contributed by atoms with Crippen molar-refractivity contribution in [2.75, 3.05) is 57.5 Å². The molecule has 0 unspecified atom stereocenters. The van der Waals surface area contributed by atoms with E-state index in [0.717, 1.165) is 91.2 Å². The molecule has 0 atom stereocenters. The first-order valence-electron chi connectivity index (χ1n) is 48.1. The van der Waals surface area contributed by atoms with Crippen molar-refractivity contribution in [3.05, 3.63) is 350 Å². The number of benzene rings is 16. The van der Waals surface area contributed by atoms with E-state index in [0.29, 0.717) is 99.7 Å². The summed E-state index contributed by atoms with van der Waals surface area (Å²) in [5.74, 6) is 17.4. The van der Waals surface area contributed by atoms with Crippen molar-refractivity contribution in [1.82, 2.24) is 0 Å². The summed E-state index contributed by atoms with van der Waals surface area (Å²) in [6.45, 7) is 0. The largest absolute Gasteiger partial charge is 0.425 e. The third-order valence-corrected chi connectivity index (χ3v) is 40.6. The fraction of sp³-hybridized carbons (Fsp3) is 0.269. The third-order valence-electron chi connectivity index (χ3n) is 27.9. The van der Waals surface area contributed by atoms with E-state index in [4.69, 9.17) is 23.7 Å². The van der Waals surface area contributed by atoms with E-state index < -0.39 is 0 Å². The summed E-state index contributed by atoms with van der Waals surface area (Å²) in [5.41, 5.74) is 2.10. The van der Waals surface area contributed by atoms with E-state index in [1.807, 2.05) is 176 Å². The van der Waals surface area contributed by atoms with E-state index >= 15 is 0 Å². The molecule has 10 nitrogen and oxygen atoms in total. The van der Waals surface area contributed by atoms with Crippen LogP contribution in [0.25, 0.3) is 75.4 Å². The molecule has 5 saturated heterocycles. The Kier molecular flexibility index (Phi) is 28.4. The van der Waals surface area contributed by atoms with Gasteiger partial charge < -0.3 is 23.7 Å². The van der Waals surface area contributed by atoms with E-state index in [-0.39, 0.29) is 35.3 Å². The number of esters is 5. The zero-order chi connectivity index (χ0) is 90.7. The molecule has 134 heavy (non-hydrogen) atoms. The quantitative estimate of drug-likeness (QED) is 0.0555. The van der Waals surface area contributed by atoms with E-state index in [1.54, 1.807) is 24.3 Å². The molecule has 674 valence electrons. The van der Waals surface area contributed by atoms with Gasteiger partial charge in [-0.05, 0) is 294 Å². The van der Waals surface area contributed by atoms with Gasteiger partial charge in [0.2, 0.25) is 0 Å². The molecule has 25 rings (SSSR count). The van der Waals surface area contributed by atoms with Gasteiger partial charge in [0.1, 0.15) is 86.3 Å². The summed E-state index contributed by atoms with van der Waals surface area (Å²) in [6.07, 6.45) is 23.2. The molecule has 4 saturated carbocycles. The van der Waals surface area contributed by atoms with Gasteiger partial charge in [0.25, 0.3) is 0 Å². The average Bonchev–Trinajstić information content (AvgIpc) is 0.858. The van der Waals surface area contributed by atoms with Crippen LogP contribution in [0.15, 0.2) is 352 Å². The average molecular weight is 1860 g/mol. The molecule has 0 aromatic heterocycles. The Morgan fingerprint density at radius 3 is 0.709 bits per heavy atom. The maximum absolute atomic E-state index is 13.4. The second-order valence-corrected chi connectivity index (χ2v) is 48.0. The minimum atomic E-state index is -0.313. The van der Waals surface area contributed by atoms with E-state index in [9.17, 15) is 24.0 Å². The van der Waals surface area contributed by atoms with Crippen molar-refractivity contribution in [3.8, 4) is 28.7 Å². The summed E-state index contributed by atoms with van der Waals surface area (Å²) in [4.78, 5) is 71.1. The SMILES string of the molecule is O=C(Oc1ccc([S+]2CCCC2)c2ccccc12)C12CC3CC(CC(C3)C1)C2.O=C(Oc1ccc([S+]2CCCC2)c2ccccc12)c1ccc2ccccc2c1.O=C(Oc1ccc([S+]2CCCC2)c2ccccc12)c1ccccc1.O=C(Oc1ccc([S+]2CCCCC2)c2ccccc12)c1ccc2ccccc2c1.O=C(Oc1ccc([S+]2CCCCC2)c2ccccc12)c1ccccc1. The highest BCUT2D eigenvalue weighted by molar-refractivity contribution is 7.98. The monoisotopic (exact) mass is 1860 g/mol. The van der Waals surface area contributed by atoms with Gasteiger partial charge in [-0.3, -0.25) is 4.79 Å². The highest BCUT2D eigenvalue weighted by Crippen LogP contribution is 2.61. The Labute approximate surface area is 800 Å². The van der Waals surface area contributed by atoms with Crippen molar-refractivity contribution in [2.24, 2.45) is 23.2 Å². The molecule has 4 aliphatic carbocycles. The minimum absolute atomic E-state index is 0.0628. The van der Waals surface area contributed by atoms with Gasteiger partial charge in [-0.2, -0.15) is 0 Å². The van der Waals surface area contributed by atoms with Crippen LogP contribution in [0.2, 0.25) is 0 Å². The Balaban J connectivity index is 0.000000104. The number of hydrogen-bond acceptors (Lipinski definition) is 10. The maximum atomic E-state index is 13.4. The second-order valence-electron chi connectivity index (χ2n) is 36.8. The molecular formula is C119H113O10S5+5. The number of hydrogen-bond donors (Lipinski definition) is 0. The lowest BCUT2D eigenvalue weighted by molar-refractivity contribution is -0.161. The van der Waals surface area contributed by atoms with Gasteiger partial charge >= 0.3 is 29.8 Å². The Morgan fingerprint density at radius 2 is 0.433 bits per heavy atom. The molecule has 0 spiro atoms. The predicted molar refractivity (Wildman–Crippen MR) is 559 cm³/mol. The first kappa shape index (κ1) is 90.3. The third kappa shape index (κ3) is 20.4. The highest BCUT2D eigenvalue weighted by atomic mass is 32.2. The Morgan fingerprint density at radius 1 is 0.209 bits per heavy atom. The normalized spacial score (nSPS) is 18.9. The number of rotatable bonds is 15. The molecule has 0 amide bonds. The van der Waals surface area contributed by atoms with E-state index in [2.05, 4.69) is 127 Å². The summed E-state index contributed by atoms with van der Waals surface area (Å²) in [7, 11) is 1.65. The van der Waals surface area contributed by atoms with Crippen molar-refractivity contribution in [1.29, 1.82) is 0 Å². The summed E-state index contributed by atoms with van der Waals surface area (Å²) in [5, 5.41) is 15.7. The first-order valence-corrected chi connectivity index (χ1v) is 55.9. The van der Waals surface area contributed by atoms with Crippen LogP contribution in [0.3, 0.4) is 0 Å². The number of carbonyl (C=O) groups is 5. The molecule has 15 heteroatoms. The van der Waals surface area contributed by atoms with Gasteiger partial charge in [-0.25, -0.2) is 19.2 Å². The molecule has 4 bridgehead atoms. The molecule has 9 fully saturated rings. The van der Waals surface area contributed by atoms with Gasteiger partial charge in [0.15, 0.2) is 24.5 Å². The van der Waals surface area contributed by atoms with Gasteiger partial charge in [-0.15, -0.1) is 0 Å². The lowest BCUT2D eigenvalue weighted by Crippen LogP contribution is -2.51. The lowest BCUT2D eigenvalue weighted by Gasteiger charge is -2.55. The van der Waals surface area contributed by atoms with Crippen LogP contribution in [0, 0.1) is 23.2 Å². The standard InChI is InChI=1S/C26H23O2S.C25H29O2S.C25H21O2S.C22H21O2S.C21H19O2S/c27-26(21-13-12-19-8-2-3-9-20(19)18-21)28-24-14-15-25(29-16-6-1-7-17-29)23-11-5-4-10-22(23)24;26-24(25-14-17-11-18(15-25)13-19(12-17)16-25)27-22-7-8-23(28-9-3-4-10-28)21-6-2-1-5-20(21)22;26-25(20-12-11-18-7-1-2-8-19(18)17-20)27-23-13-14-24(28-15-5-6-16-28)22-10-4-3-9-21(22)23;23-22(17-9-3-1-4-10-17)24-20-13-14-21(25-15-7-2-8-16-25)19-12-6-5-11-18(19)20;22-21(16-8-2-1-3-9-16)23-19-12-13-20(24-14-6-7-15-24)18-11-5-4-10-17(18)19/h2-5,8-15,18H,1,6-7,16-17H2;1-2,5-8,17-19H,3-4,9-16H2;1-4,7-14,17H,5-6,15-16H2;1,3-6,9-14H,2,7-8,15-16H2;1-5,8-13H,6-7,14-15H2/q5*+1. The van der Waals surface area contributed by atoms with Gasteiger partial charge in [-0.1, -0.05) is 188 Å². The molecular weight excluding hydrogens is 1750 g/mol. The maximum Gasteiger partial charge on any atom is 0.343 e. The summed E-state index contributed by atoms with van der Waals surface area (Å²) < 4.78 is 29.3. The van der Waals surface area contributed by atoms with Gasteiger partial charge in [0.05, 0.1) is 27.7 Å². The van der Waals surface area contributed by atoms with Crippen molar-refractivity contribution < 1.29 is 47.7 Å². The van der Waals surface area contributed by atoms with Crippen LogP contribution >= 0.6 is 0 Å². The van der Waals surface area contributed by atoms with Crippen molar-refractivity contribution in [3.63, 3.8) is 0 Å². The Bertz CT molecular complexity index is 6930. The van der Waals surface area contributed by atoms with Crippen molar-refractivity contribution in [2.45, 2.75) is 140 Å². The number of fused-ring (bicyclic) bond motifs is 7. The zero-order valence-electron chi connectivity index (χ0n) is 75.8. The fourth-order valence-corrected chi connectivity index (χ4v) is 34.1. The summed E-state index contributed by atoms with van der Waals surface area (Å²) >= 11 is 0. The van der Waals surface area contributed by atoms with Crippen LogP contribution in [0.5, 0.6) is 28.7 Å². The smallest absolute Gasteiger partial charge is 0.343 e. The molecule has 5 aliphatic heterocycles. The highest BCUT2D eigenvalue weighted by Gasteiger charge is 2.56. The molecule has 5 heterocycles. The zero-order valence-corrected chi connectivity index (χ0v) is 79.9. The van der Waals surface area contributed by atoms with Crippen LogP contribution in [0.4, 0.5) is 0 Å². The molecule has 0 N–H and O–H groups in total. The molecule has 16 aromatic carbocycles. The molecule has 9 aliphatic rings. The Hall–Kier alpha value is -11.6. The first-order chi connectivity index (χ1) is 65.9. The summed E-state index contributed by atoms with van der Waals surface area (Å²) in [6, 6.07) is 108. The molecule has 0 radical (unpaired) electrons. The van der Waals surface area contributed by atoms with E-state index in [1.165, 1.54) is 205 Å². The lowest BCUT2D eigenvalue weighted by atomic mass is 9.49. The predicted octanol–water partition coefficient (Wildman–Crippen LogP) is 28.1. The van der Waals surface area contributed by atoms with Crippen molar-refractivity contribution >= 4 is 160 Å². The topological polar surface area (TPSA) is 132 Å². The second kappa shape index (κ2) is 42.1. The van der Waals surface area contributed by atoms with Crippen LogP contribution in [0.1, 0.15) is 157 Å².